The Kier molecular flexibility index (Phi) is 4.28. The quantitative estimate of drug-likeness (QED) is 0.806. The molecule has 0 saturated carbocycles. The number of halogens is 1. The molecule has 0 spiro atoms. The Bertz CT molecular complexity index is 564. The van der Waals surface area contributed by atoms with Gasteiger partial charge >= 0.3 is 0 Å². The van der Waals surface area contributed by atoms with Crippen LogP contribution in [-0.2, 0) is 6.54 Å². The van der Waals surface area contributed by atoms with Crippen molar-refractivity contribution in [3.63, 3.8) is 0 Å². The van der Waals surface area contributed by atoms with Gasteiger partial charge in [-0.25, -0.2) is 9.97 Å². The van der Waals surface area contributed by atoms with E-state index in [1.807, 2.05) is 6.07 Å². The van der Waals surface area contributed by atoms with Crippen molar-refractivity contribution >= 4 is 15.9 Å². The molecule has 3 rings (SSSR count). The average molecular weight is 334 g/mol. The molecule has 104 valence electrons. The minimum atomic E-state index is 0.209. The number of benzene rings is 1. The number of ether oxygens (including phenoxy) is 1. The van der Waals surface area contributed by atoms with Crippen LogP contribution in [0.15, 0.2) is 47.3 Å². The second-order valence-corrected chi connectivity index (χ2v) is 5.74. The number of aromatic nitrogens is 2. The van der Waals surface area contributed by atoms with Gasteiger partial charge in [0, 0.05) is 25.7 Å². The number of nitrogens with zero attached hydrogens (tertiary/aromatic N) is 3. The molecule has 0 aliphatic carbocycles. The summed E-state index contributed by atoms with van der Waals surface area (Å²) in [7, 11) is 0. The van der Waals surface area contributed by atoms with Crippen LogP contribution in [-0.4, -0.2) is 34.1 Å². The largest absolute Gasteiger partial charge is 0.473 e. The highest BCUT2D eigenvalue weighted by molar-refractivity contribution is 9.10. The summed E-state index contributed by atoms with van der Waals surface area (Å²) in [6.45, 7) is 2.98. The number of hydrogen-bond donors (Lipinski definition) is 0. The van der Waals surface area contributed by atoms with Crippen molar-refractivity contribution in [2.75, 3.05) is 13.1 Å². The minimum absolute atomic E-state index is 0.209. The maximum atomic E-state index is 5.90. The molecule has 5 heteroatoms. The summed E-state index contributed by atoms with van der Waals surface area (Å²) >= 11 is 3.33. The van der Waals surface area contributed by atoms with E-state index in [1.54, 1.807) is 6.07 Å². The number of rotatable bonds is 4. The van der Waals surface area contributed by atoms with Crippen LogP contribution >= 0.6 is 15.9 Å². The lowest BCUT2D eigenvalue weighted by Gasteiger charge is -2.16. The third kappa shape index (κ3) is 3.55. The Hall–Kier alpha value is -1.46. The van der Waals surface area contributed by atoms with Gasteiger partial charge in [-0.15, -0.1) is 0 Å². The maximum absolute atomic E-state index is 5.90. The molecular weight excluding hydrogens is 318 g/mol. The molecule has 1 atom stereocenters. The summed E-state index contributed by atoms with van der Waals surface area (Å²) < 4.78 is 6.65. The smallest absolute Gasteiger partial charge is 0.217 e. The first kappa shape index (κ1) is 13.5. The summed E-state index contributed by atoms with van der Waals surface area (Å²) in [4.78, 5) is 10.5. The summed E-state index contributed by atoms with van der Waals surface area (Å²) in [5.74, 6) is 0.637. The standard InChI is InChI=1S/C15H16BrN3O/c16-14-8-15(18-11-17-14)20-13-6-7-19(10-13)9-12-4-2-1-3-5-12/h1-5,8,11,13H,6-7,9-10H2. The van der Waals surface area contributed by atoms with Gasteiger partial charge in [0.15, 0.2) is 0 Å². The van der Waals surface area contributed by atoms with E-state index < -0.39 is 0 Å². The van der Waals surface area contributed by atoms with E-state index in [2.05, 4.69) is 55.1 Å². The van der Waals surface area contributed by atoms with Crippen LogP contribution in [0.2, 0.25) is 0 Å². The van der Waals surface area contributed by atoms with Gasteiger partial charge < -0.3 is 4.74 Å². The van der Waals surface area contributed by atoms with Crippen LogP contribution in [0.4, 0.5) is 0 Å². The van der Waals surface area contributed by atoms with E-state index in [0.29, 0.717) is 5.88 Å². The van der Waals surface area contributed by atoms with Crippen molar-refractivity contribution in [3.8, 4) is 5.88 Å². The zero-order valence-corrected chi connectivity index (χ0v) is 12.7. The van der Waals surface area contributed by atoms with E-state index in [9.17, 15) is 0 Å². The second-order valence-electron chi connectivity index (χ2n) is 4.93. The lowest BCUT2D eigenvalue weighted by molar-refractivity contribution is 0.191. The first-order valence-corrected chi connectivity index (χ1v) is 7.49. The fourth-order valence-corrected chi connectivity index (χ4v) is 2.72. The van der Waals surface area contributed by atoms with Gasteiger partial charge in [-0.05, 0) is 27.9 Å². The first-order valence-electron chi connectivity index (χ1n) is 6.70. The molecule has 0 bridgehead atoms. The SMILES string of the molecule is Brc1cc(OC2CCN(Cc3ccccc3)C2)ncn1. The Morgan fingerprint density at radius 1 is 1.25 bits per heavy atom. The van der Waals surface area contributed by atoms with Gasteiger partial charge in [0.25, 0.3) is 0 Å². The van der Waals surface area contributed by atoms with Crippen molar-refractivity contribution in [3.05, 3.63) is 52.9 Å². The molecule has 1 aromatic heterocycles. The third-order valence-corrected chi connectivity index (χ3v) is 3.81. The fourth-order valence-electron chi connectivity index (χ4n) is 2.43. The van der Waals surface area contributed by atoms with Crippen LogP contribution in [0.5, 0.6) is 5.88 Å². The molecule has 0 N–H and O–H groups in total. The molecule has 1 aromatic carbocycles. The van der Waals surface area contributed by atoms with Crippen LogP contribution in [0.1, 0.15) is 12.0 Å². The van der Waals surface area contributed by atoms with Crippen LogP contribution in [0.25, 0.3) is 0 Å². The highest BCUT2D eigenvalue weighted by Crippen LogP contribution is 2.19. The zero-order valence-electron chi connectivity index (χ0n) is 11.1. The molecule has 2 aromatic rings. The molecule has 1 saturated heterocycles. The maximum Gasteiger partial charge on any atom is 0.217 e. The zero-order chi connectivity index (χ0) is 13.8. The van der Waals surface area contributed by atoms with E-state index in [-0.39, 0.29) is 6.10 Å². The lowest BCUT2D eigenvalue weighted by atomic mass is 10.2. The Morgan fingerprint density at radius 2 is 2.10 bits per heavy atom. The minimum Gasteiger partial charge on any atom is -0.473 e. The predicted octanol–water partition coefficient (Wildman–Crippen LogP) is 2.89. The molecule has 1 aliphatic rings. The van der Waals surface area contributed by atoms with E-state index in [0.717, 1.165) is 30.7 Å². The Morgan fingerprint density at radius 3 is 2.90 bits per heavy atom. The Balaban J connectivity index is 1.54. The van der Waals surface area contributed by atoms with Crippen LogP contribution in [0, 0.1) is 0 Å². The normalized spacial score (nSPS) is 19.1. The average Bonchev–Trinajstić information content (AvgIpc) is 2.87. The van der Waals surface area contributed by atoms with E-state index in [4.69, 9.17) is 4.74 Å². The van der Waals surface area contributed by atoms with Crippen molar-refractivity contribution in [2.45, 2.75) is 19.1 Å². The van der Waals surface area contributed by atoms with E-state index >= 15 is 0 Å². The van der Waals surface area contributed by atoms with Crippen molar-refractivity contribution < 1.29 is 4.74 Å². The third-order valence-electron chi connectivity index (χ3n) is 3.37. The summed E-state index contributed by atoms with van der Waals surface area (Å²) in [5, 5.41) is 0. The molecule has 20 heavy (non-hydrogen) atoms. The highest BCUT2D eigenvalue weighted by atomic mass is 79.9. The molecular formula is C15H16BrN3O. The first-order chi connectivity index (χ1) is 9.79. The number of likely N-dealkylation sites (tertiary alicyclic amines) is 1. The second kappa shape index (κ2) is 6.33. The van der Waals surface area contributed by atoms with Gasteiger partial charge in [-0.3, -0.25) is 4.90 Å². The van der Waals surface area contributed by atoms with E-state index in [1.165, 1.54) is 11.9 Å². The van der Waals surface area contributed by atoms with Crippen molar-refractivity contribution in [1.82, 2.24) is 14.9 Å². The monoisotopic (exact) mass is 333 g/mol. The van der Waals surface area contributed by atoms with Gasteiger partial charge in [-0.2, -0.15) is 0 Å². The number of hydrogen-bond acceptors (Lipinski definition) is 4. The molecule has 4 nitrogen and oxygen atoms in total. The molecule has 1 unspecified atom stereocenters. The molecule has 1 aliphatic heterocycles. The van der Waals surface area contributed by atoms with Crippen molar-refractivity contribution in [1.29, 1.82) is 0 Å². The van der Waals surface area contributed by atoms with Crippen molar-refractivity contribution in [2.24, 2.45) is 0 Å². The summed E-state index contributed by atoms with van der Waals surface area (Å²) in [5.41, 5.74) is 1.35. The Labute approximate surface area is 126 Å². The predicted molar refractivity (Wildman–Crippen MR) is 80.5 cm³/mol. The topological polar surface area (TPSA) is 38.2 Å². The molecule has 0 radical (unpaired) electrons. The fraction of sp³-hybridized carbons (Fsp3) is 0.333. The van der Waals surface area contributed by atoms with Gasteiger partial charge in [0.1, 0.15) is 17.0 Å². The summed E-state index contributed by atoms with van der Waals surface area (Å²) in [6.07, 6.45) is 2.75. The molecule has 0 amide bonds. The highest BCUT2D eigenvalue weighted by Gasteiger charge is 2.24. The van der Waals surface area contributed by atoms with Gasteiger partial charge in [-0.1, -0.05) is 30.3 Å². The van der Waals surface area contributed by atoms with Gasteiger partial charge in [0.2, 0.25) is 5.88 Å². The van der Waals surface area contributed by atoms with Crippen LogP contribution in [0.3, 0.4) is 0 Å². The van der Waals surface area contributed by atoms with Gasteiger partial charge in [0.05, 0.1) is 0 Å². The van der Waals surface area contributed by atoms with Crippen LogP contribution < -0.4 is 4.74 Å². The lowest BCUT2D eigenvalue weighted by Crippen LogP contribution is -2.24. The molecule has 2 heterocycles. The summed E-state index contributed by atoms with van der Waals surface area (Å²) in [6, 6.07) is 12.3. The molecule has 1 fully saturated rings.